The van der Waals surface area contributed by atoms with Gasteiger partial charge in [0.15, 0.2) is 0 Å². The Hall–Kier alpha value is -2.74. The first-order chi connectivity index (χ1) is 12.9. The zero-order valence-corrected chi connectivity index (χ0v) is 15.0. The summed E-state index contributed by atoms with van der Waals surface area (Å²) in [6, 6.07) is 6.64. The summed E-state index contributed by atoms with van der Waals surface area (Å²) in [7, 11) is 0. The van der Waals surface area contributed by atoms with E-state index in [0.29, 0.717) is 25.8 Å². The molecule has 3 atom stereocenters. The van der Waals surface area contributed by atoms with Crippen LogP contribution < -0.4 is 11.1 Å². The summed E-state index contributed by atoms with van der Waals surface area (Å²) in [5, 5.41) is 11.5. The number of carbonyl (C=O) groups is 3. The molecule has 4 N–H and O–H groups in total. The topological polar surface area (TPSA) is 130 Å². The van der Waals surface area contributed by atoms with Crippen molar-refractivity contribution in [1.29, 1.82) is 0 Å². The summed E-state index contributed by atoms with van der Waals surface area (Å²) in [6.07, 6.45) is 2.95. The number of aliphatic carboxylic acids is 1. The molecule has 8 heteroatoms. The number of rotatable bonds is 9. The Balaban J connectivity index is 2.04. The minimum Gasteiger partial charge on any atom is -0.481 e. The number of likely N-dealkylation sites (tertiary alicyclic amines) is 1. The van der Waals surface area contributed by atoms with Gasteiger partial charge in [0.25, 0.3) is 0 Å². The first kappa shape index (κ1) is 20.6. The Labute approximate surface area is 157 Å². The Bertz CT molecular complexity index is 679. The second-order valence-corrected chi connectivity index (χ2v) is 6.60. The van der Waals surface area contributed by atoms with Crippen LogP contribution in [0.1, 0.15) is 31.2 Å². The standard InChI is InChI=1S/C19H24N3O5/c20-15(11-13-5-2-1-3-6-13)18(26)21-16(8-9-17(24)25)19(27)22-10-4-7-14(22)12-23/h1-3,5-6,14-16H,4,7-11,20H2,(H,21,26)(H,24,25)/t14-,15-,16-/m0/s1. The van der Waals surface area contributed by atoms with Gasteiger partial charge in [-0.25, -0.2) is 0 Å². The number of hydrogen-bond acceptors (Lipinski definition) is 5. The summed E-state index contributed by atoms with van der Waals surface area (Å²) in [4.78, 5) is 48.5. The maximum atomic E-state index is 12.7. The fraction of sp³-hybridized carbons (Fsp3) is 0.474. The smallest absolute Gasteiger partial charge is 0.303 e. The Morgan fingerprint density at radius 3 is 2.63 bits per heavy atom. The number of nitrogens with zero attached hydrogens (tertiary/aromatic N) is 1. The van der Waals surface area contributed by atoms with Crippen molar-refractivity contribution >= 4 is 24.1 Å². The van der Waals surface area contributed by atoms with Gasteiger partial charge in [-0.05, 0) is 31.2 Å². The molecule has 1 heterocycles. The lowest BCUT2D eigenvalue weighted by atomic mass is 10.0. The van der Waals surface area contributed by atoms with Crippen LogP contribution in [-0.2, 0) is 25.6 Å². The van der Waals surface area contributed by atoms with Gasteiger partial charge in [-0.15, -0.1) is 0 Å². The first-order valence-corrected chi connectivity index (χ1v) is 8.92. The monoisotopic (exact) mass is 374 g/mol. The number of hydrogen-bond donors (Lipinski definition) is 3. The lowest BCUT2D eigenvalue weighted by Gasteiger charge is -2.27. The van der Waals surface area contributed by atoms with Gasteiger partial charge in [-0.3, -0.25) is 19.2 Å². The molecule has 1 saturated heterocycles. The minimum absolute atomic E-state index is 0.0694. The highest BCUT2D eigenvalue weighted by atomic mass is 16.4. The predicted molar refractivity (Wildman–Crippen MR) is 97.4 cm³/mol. The molecule has 1 aliphatic rings. The number of carboxylic acids is 1. The van der Waals surface area contributed by atoms with Crippen LogP contribution in [0.5, 0.6) is 0 Å². The quantitative estimate of drug-likeness (QED) is 0.558. The molecule has 0 aromatic heterocycles. The zero-order valence-electron chi connectivity index (χ0n) is 15.0. The van der Waals surface area contributed by atoms with E-state index in [4.69, 9.17) is 10.8 Å². The molecule has 1 aliphatic heterocycles. The van der Waals surface area contributed by atoms with Crippen LogP contribution in [-0.4, -0.2) is 58.7 Å². The molecule has 1 aromatic carbocycles. The van der Waals surface area contributed by atoms with E-state index in [9.17, 15) is 19.2 Å². The van der Waals surface area contributed by atoms with Crippen molar-refractivity contribution in [1.82, 2.24) is 10.2 Å². The van der Waals surface area contributed by atoms with Crippen LogP contribution in [0, 0.1) is 0 Å². The molecule has 1 fully saturated rings. The highest BCUT2D eigenvalue weighted by molar-refractivity contribution is 5.91. The largest absolute Gasteiger partial charge is 0.481 e. The summed E-state index contributed by atoms with van der Waals surface area (Å²) in [5.74, 6) is -2.08. The predicted octanol–water partition coefficient (Wildman–Crippen LogP) is 0.00670. The number of carbonyl (C=O) groups excluding carboxylic acids is 3. The number of amides is 2. The molecule has 0 saturated carbocycles. The lowest BCUT2D eigenvalue weighted by Crippen LogP contribution is -2.54. The van der Waals surface area contributed by atoms with Gasteiger partial charge < -0.3 is 21.1 Å². The molecule has 2 rings (SSSR count). The van der Waals surface area contributed by atoms with E-state index in [-0.39, 0.29) is 12.8 Å². The Morgan fingerprint density at radius 1 is 1.30 bits per heavy atom. The molecule has 1 radical (unpaired) electrons. The summed E-state index contributed by atoms with van der Waals surface area (Å²) >= 11 is 0. The van der Waals surface area contributed by atoms with Crippen LogP contribution in [0.3, 0.4) is 0 Å². The van der Waals surface area contributed by atoms with E-state index in [1.807, 2.05) is 36.6 Å². The van der Waals surface area contributed by atoms with Gasteiger partial charge in [0, 0.05) is 13.0 Å². The lowest BCUT2D eigenvalue weighted by molar-refractivity contribution is -0.139. The molecule has 145 valence electrons. The van der Waals surface area contributed by atoms with Crippen LogP contribution >= 0.6 is 0 Å². The molecular weight excluding hydrogens is 350 g/mol. The van der Waals surface area contributed by atoms with E-state index in [0.717, 1.165) is 5.56 Å². The van der Waals surface area contributed by atoms with Gasteiger partial charge >= 0.3 is 5.97 Å². The summed E-state index contributed by atoms with van der Waals surface area (Å²) in [6.45, 7) is 0.383. The minimum atomic E-state index is -1.07. The Morgan fingerprint density at radius 2 is 2.00 bits per heavy atom. The van der Waals surface area contributed by atoms with Crippen molar-refractivity contribution in [3.05, 3.63) is 35.9 Å². The number of benzene rings is 1. The Kier molecular flexibility index (Phi) is 7.48. The van der Waals surface area contributed by atoms with E-state index >= 15 is 0 Å². The fourth-order valence-corrected chi connectivity index (χ4v) is 3.12. The maximum absolute atomic E-state index is 12.7. The SMILES string of the molecule is N[C@@H](Cc1ccccc1)C(=O)N[C@@H](CCC(=O)O)C(=O)N1CCC[C@H]1[C]=O. The molecule has 0 bridgehead atoms. The van der Waals surface area contributed by atoms with Crippen LogP contribution in [0.25, 0.3) is 0 Å². The molecule has 1 aromatic rings. The molecule has 2 amide bonds. The third kappa shape index (κ3) is 5.89. The van der Waals surface area contributed by atoms with Crippen LogP contribution in [0.15, 0.2) is 30.3 Å². The second-order valence-electron chi connectivity index (χ2n) is 6.60. The molecule has 0 spiro atoms. The summed E-state index contributed by atoms with van der Waals surface area (Å²) < 4.78 is 0. The van der Waals surface area contributed by atoms with Crippen molar-refractivity contribution in [2.24, 2.45) is 5.73 Å². The average Bonchev–Trinajstić information content (AvgIpc) is 3.13. The number of carboxylic acid groups (broad SMARTS) is 1. The second kappa shape index (κ2) is 9.82. The molecule has 27 heavy (non-hydrogen) atoms. The van der Waals surface area contributed by atoms with Crippen molar-refractivity contribution < 1.29 is 24.3 Å². The van der Waals surface area contributed by atoms with Crippen molar-refractivity contribution in [3.63, 3.8) is 0 Å². The third-order valence-corrected chi connectivity index (χ3v) is 4.57. The normalized spacial score (nSPS) is 18.6. The van der Waals surface area contributed by atoms with E-state index in [1.54, 1.807) is 0 Å². The third-order valence-electron chi connectivity index (χ3n) is 4.57. The summed E-state index contributed by atoms with van der Waals surface area (Å²) in [5.41, 5.74) is 6.82. The average molecular weight is 374 g/mol. The maximum Gasteiger partial charge on any atom is 0.303 e. The molecule has 0 unspecified atom stereocenters. The van der Waals surface area contributed by atoms with Gasteiger partial charge in [0.1, 0.15) is 6.04 Å². The van der Waals surface area contributed by atoms with Crippen molar-refractivity contribution in [3.8, 4) is 0 Å². The highest BCUT2D eigenvalue weighted by Crippen LogP contribution is 2.18. The molecular formula is C19H24N3O5. The van der Waals surface area contributed by atoms with Gasteiger partial charge in [0.05, 0.1) is 12.1 Å². The molecule has 8 nitrogen and oxygen atoms in total. The number of nitrogens with two attached hydrogens (primary N) is 1. The highest BCUT2D eigenvalue weighted by Gasteiger charge is 2.34. The number of nitrogens with one attached hydrogen (secondary N) is 1. The zero-order chi connectivity index (χ0) is 19.8. The molecule has 0 aliphatic carbocycles. The van der Waals surface area contributed by atoms with Gasteiger partial charge in [0.2, 0.25) is 18.1 Å². The van der Waals surface area contributed by atoms with Gasteiger partial charge in [-0.2, -0.15) is 0 Å². The first-order valence-electron chi connectivity index (χ1n) is 8.92. The fourth-order valence-electron chi connectivity index (χ4n) is 3.12. The van der Waals surface area contributed by atoms with Crippen LogP contribution in [0.2, 0.25) is 0 Å². The van der Waals surface area contributed by atoms with Crippen LogP contribution in [0.4, 0.5) is 0 Å². The van der Waals surface area contributed by atoms with E-state index in [2.05, 4.69) is 5.32 Å². The van der Waals surface area contributed by atoms with Crippen molar-refractivity contribution in [2.45, 2.75) is 50.2 Å². The van der Waals surface area contributed by atoms with Crippen molar-refractivity contribution in [2.75, 3.05) is 6.54 Å². The van der Waals surface area contributed by atoms with Gasteiger partial charge in [-0.1, -0.05) is 30.3 Å². The van der Waals surface area contributed by atoms with E-state index < -0.39 is 35.9 Å². The van der Waals surface area contributed by atoms with E-state index in [1.165, 1.54) is 4.90 Å².